The predicted molar refractivity (Wildman–Crippen MR) is 135 cm³/mol. The Kier molecular flexibility index (Phi) is 7.72. The lowest BCUT2D eigenvalue weighted by molar-refractivity contribution is 0.102. The Morgan fingerprint density at radius 3 is 2.78 bits per heavy atom. The molecule has 1 saturated heterocycles. The van der Waals surface area contributed by atoms with Gasteiger partial charge in [-0.1, -0.05) is 11.6 Å². The summed E-state index contributed by atoms with van der Waals surface area (Å²) < 4.78 is 1.39. The standard InChI is InChI=1S/C23H27ClN10O2/c1-3-27-21-22-29-11-15(9-26)34(22)32-23(31-21)30-17-6-14(8-25)7-18(20(17)24)33-5-4-16(19(36)12-33)28-10-13(2)35/h6-7,11,13,16,19,28,35-36H,3-5,10,12H2,1-2H3,(H2,27,30,31,32)/t13?,16-,19-/m1/s1. The molecule has 12 nitrogen and oxygen atoms in total. The van der Waals surface area contributed by atoms with Crippen LogP contribution in [0.2, 0.25) is 5.02 Å². The number of fused-ring (bicyclic) bond motifs is 1. The molecule has 3 aromatic rings. The first-order valence-corrected chi connectivity index (χ1v) is 12.0. The number of rotatable bonds is 8. The monoisotopic (exact) mass is 510 g/mol. The van der Waals surface area contributed by atoms with E-state index in [1.807, 2.05) is 11.8 Å². The number of halogens is 1. The molecular weight excluding hydrogens is 484 g/mol. The van der Waals surface area contributed by atoms with Gasteiger partial charge in [0.2, 0.25) is 5.95 Å². The summed E-state index contributed by atoms with van der Waals surface area (Å²) in [6.07, 6.45) is 0.857. The molecule has 5 N–H and O–H groups in total. The van der Waals surface area contributed by atoms with Gasteiger partial charge in [-0.15, -0.1) is 5.10 Å². The Morgan fingerprint density at radius 2 is 2.11 bits per heavy atom. The van der Waals surface area contributed by atoms with E-state index >= 15 is 0 Å². The van der Waals surface area contributed by atoms with Gasteiger partial charge in [0.15, 0.2) is 17.2 Å². The van der Waals surface area contributed by atoms with Crippen LogP contribution in [0.3, 0.4) is 0 Å². The normalized spacial score (nSPS) is 18.5. The number of anilines is 4. The van der Waals surface area contributed by atoms with Crippen LogP contribution in [0.4, 0.5) is 23.1 Å². The smallest absolute Gasteiger partial charge is 0.247 e. The van der Waals surface area contributed by atoms with Gasteiger partial charge in [0, 0.05) is 32.2 Å². The number of benzene rings is 1. The first-order valence-electron chi connectivity index (χ1n) is 11.6. The van der Waals surface area contributed by atoms with Gasteiger partial charge in [-0.05, 0) is 32.4 Å². The number of piperidine rings is 1. The molecule has 0 aliphatic carbocycles. The van der Waals surface area contributed by atoms with Crippen LogP contribution < -0.4 is 20.9 Å². The fourth-order valence-corrected chi connectivity index (χ4v) is 4.40. The van der Waals surface area contributed by atoms with Crippen molar-refractivity contribution in [3.05, 3.63) is 34.6 Å². The number of nitrogens with zero attached hydrogens (tertiary/aromatic N) is 7. The minimum atomic E-state index is -0.685. The summed E-state index contributed by atoms with van der Waals surface area (Å²) in [4.78, 5) is 10.6. The number of β-amino-alcohol motifs (C(OH)–C–C–N with tert-alkyl or cyclic N) is 1. The number of aliphatic hydroxyl groups is 2. The Hall–Kier alpha value is -3.68. The van der Waals surface area contributed by atoms with Crippen molar-refractivity contribution >= 4 is 40.4 Å². The molecule has 188 valence electrons. The van der Waals surface area contributed by atoms with Crippen molar-refractivity contribution in [1.29, 1.82) is 10.5 Å². The zero-order valence-electron chi connectivity index (χ0n) is 19.9. The second-order valence-electron chi connectivity index (χ2n) is 8.56. The fourth-order valence-electron chi connectivity index (χ4n) is 4.12. The summed E-state index contributed by atoms with van der Waals surface area (Å²) in [5.74, 6) is 0.608. The Bertz CT molecular complexity index is 1330. The van der Waals surface area contributed by atoms with E-state index in [0.29, 0.717) is 66.0 Å². The van der Waals surface area contributed by atoms with Crippen molar-refractivity contribution in [2.75, 3.05) is 41.7 Å². The lowest BCUT2D eigenvalue weighted by Gasteiger charge is -2.38. The van der Waals surface area contributed by atoms with E-state index in [0.717, 1.165) is 0 Å². The molecule has 4 rings (SSSR count). The third-order valence-corrected chi connectivity index (χ3v) is 6.25. The molecule has 0 spiro atoms. The number of hydrogen-bond donors (Lipinski definition) is 5. The van der Waals surface area contributed by atoms with Crippen molar-refractivity contribution in [3.8, 4) is 12.1 Å². The van der Waals surface area contributed by atoms with E-state index in [2.05, 4.69) is 43.2 Å². The van der Waals surface area contributed by atoms with Crippen molar-refractivity contribution in [2.45, 2.75) is 38.5 Å². The van der Waals surface area contributed by atoms with E-state index in [4.69, 9.17) is 11.6 Å². The molecule has 0 amide bonds. The molecule has 0 bridgehead atoms. The number of hydrogen-bond acceptors (Lipinski definition) is 11. The zero-order valence-corrected chi connectivity index (χ0v) is 20.7. The molecule has 36 heavy (non-hydrogen) atoms. The summed E-state index contributed by atoms with van der Waals surface area (Å²) in [5, 5.41) is 53.4. The van der Waals surface area contributed by atoms with Gasteiger partial charge < -0.3 is 31.1 Å². The minimum Gasteiger partial charge on any atom is -0.392 e. The molecule has 1 aromatic carbocycles. The van der Waals surface area contributed by atoms with Crippen LogP contribution in [-0.4, -0.2) is 74.2 Å². The molecule has 1 unspecified atom stereocenters. The van der Waals surface area contributed by atoms with Gasteiger partial charge in [0.25, 0.3) is 0 Å². The Labute approximate surface area is 213 Å². The van der Waals surface area contributed by atoms with E-state index in [1.165, 1.54) is 10.7 Å². The SMILES string of the molecule is CCNc1nc(Nc2cc(C#N)cc(N3CC[C@@H](NCC(C)O)[C@H](O)C3)c2Cl)nn2c(C#N)cnc12. The summed E-state index contributed by atoms with van der Waals surface area (Å²) >= 11 is 6.78. The van der Waals surface area contributed by atoms with Crippen LogP contribution in [-0.2, 0) is 0 Å². The quantitative estimate of drug-likeness (QED) is 0.298. The van der Waals surface area contributed by atoms with Crippen LogP contribution in [0.15, 0.2) is 18.3 Å². The van der Waals surface area contributed by atoms with Gasteiger partial charge in [-0.25, -0.2) is 4.98 Å². The minimum absolute atomic E-state index is 0.152. The third-order valence-electron chi connectivity index (χ3n) is 5.85. The second-order valence-corrected chi connectivity index (χ2v) is 8.94. The van der Waals surface area contributed by atoms with Crippen LogP contribution in [0.25, 0.3) is 5.65 Å². The number of aromatic nitrogens is 4. The van der Waals surface area contributed by atoms with Crippen molar-refractivity contribution in [3.63, 3.8) is 0 Å². The average Bonchev–Trinajstić information content (AvgIpc) is 3.28. The lowest BCUT2D eigenvalue weighted by atomic mass is 10.0. The maximum Gasteiger partial charge on any atom is 0.247 e. The molecule has 13 heteroatoms. The van der Waals surface area contributed by atoms with Gasteiger partial charge >= 0.3 is 0 Å². The number of aliphatic hydroxyl groups excluding tert-OH is 2. The van der Waals surface area contributed by atoms with Gasteiger partial charge in [-0.3, -0.25) is 0 Å². The summed E-state index contributed by atoms with van der Waals surface area (Å²) in [6, 6.07) is 7.33. The first kappa shape index (κ1) is 25.4. The van der Waals surface area contributed by atoms with Gasteiger partial charge in [0.1, 0.15) is 6.07 Å². The van der Waals surface area contributed by atoms with Crippen molar-refractivity contribution in [1.82, 2.24) is 24.9 Å². The molecule has 1 aliphatic rings. The van der Waals surface area contributed by atoms with Crippen LogP contribution >= 0.6 is 11.6 Å². The average molecular weight is 511 g/mol. The molecule has 0 saturated carbocycles. The topological polar surface area (TPSA) is 170 Å². The highest BCUT2D eigenvalue weighted by molar-refractivity contribution is 6.36. The Balaban J connectivity index is 1.64. The fraction of sp³-hybridized carbons (Fsp3) is 0.435. The molecule has 2 aromatic heterocycles. The largest absolute Gasteiger partial charge is 0.392 e. The lowest BCUT2D eigenvalue weighted by Crippen LogP contribution is -2.53. The molecule has 1 aliphatic heterocycles. The van der Waals surface area contributed by atoms with Gasteiger partial charge in [-0.2, -0.15) is 20.0 Å². The number of nitriles is 2. The third kappa shape index (κ3) is 5.27. The zero-order chi connectivity index (χ0) is 25.8. The van der Waals surface area contributed by atoms with Crippen LogP contribution in [0.5, 0.6) is 0 Å². The van der Waals surface area contributed by atoms with E-state index in [1.54, 1.807) is 19.1 Å². The van der Waals surface area contributed by atoms with Crippen LogP contribution in [0.1, 0.15) is 31.5 Å². The highest BCUT2D eigenvalue weighted by atomic mass is 35.5. The molecule has 3 atom stereocenters. The highest BCUT2D eigenvalue weighted by Gasteiger charge is 2.29. The van der Waals surface area contributed by atoms with Crippen molar-refractivity contribution in [2.24, 2.45) is 0 Å². The maximum atomic E-state index is 10.7. The van der Waals surface area contributed by atoms with Crippen molar-refractivity contribution < 1.29 is 10.2 Å². The van der Waals surface area contributed by atoms with E-state index in [-0.39, 0.29) is 17.7 Å². The molecule has 0 radical (unpaired) electrons. The van der Waals surface area contributed by atoms with E-state index < -0.39 is 12.2 Å². The first-order chi connectivity index (χ1) is 17.3. The Morgan fingerprint density at radius 1 is 1.31 bits per heavy atom. The molecule has 1 fully saturated rings. The molecular formula is C23H27ClN10O2. The predicted octanol–water partition coefficient (Wildman–Crippen LogP) is 1.61. The maximum absolute atomic E-state index is 10.7. The highest BCUT2D eigenvalue weighted by Crippen LogP contribution is 2.37. The second kappa shape index (κ2) is 10.9. The number of nitrogens with one attached hydrogen (secondary N) is 3. The summed E-state index contributed by atoms with van der Waals surface area (Å²) in [5.41, 5.74) is 2.04. The van der Waals surface area contributed by atoms with Crippen LogP contribution in [0, 0.1) is 22.7 Å². The van der Waals surface area contributed by atoms with E-state index in [9.17, 15) is 20.7 Å². The van der Waals surface area contributed by atoms with Gasteiger partial charge in [0.05, 0.1) is 46.4 Å². The molecule has 3 heterocycles. The number of imidazole rings is 1. The summed E-state index contributed by atoms with van der Waals surface area (Å²) in [7, 11) is 0. The summed E-state index contributed by atoms with van der Waals surface area (Å²) in [6.45, 7) is 5.48.